The molecule has 0 unspecified atom stereocenters. The van der Waals surface area contributed by atoms with Crippen LogP contribution in [-0.4, -0.2) is 54.9 Å². The number of benzene rings is 2. The molecule has 182 valence electrons. The van der Waals surface area contributed by atoms with E-state index in [4.69, 9.17) is 18.9 Å². The molecule has 0 aliphatic heterocycles. The van der Waals surface area contributed by atoms with E-state index in [0.717, 1.165) is 10.2 Å². The molecule has 0 spiro atoms. The number of aliphatic imine (C=N–C) groups is 1. The van der Waals surface area contributed by atoms with Gasteiger partial charge in [-0.05, 0) is 19.1 Å². The van der Waals surface area contributed by atoms with Crippen LogP contribution < -0.4 is 19.8 Å². The standard InChI is InChI=1S/C24H24N4O6S/c1-13(25-14-10-17(31-2)22(34-5)18(11-14)32-3)21-16(12-20(29)33-4)27-28(23(21)30)24-26-15-8-6-7-9-19(15)35-24/h6-11,27H,12H2,1-5H3. The van der Waals surface area contributed by atoms with Crippen molar-refractivity contribution in [1.29, 1.82) is 0 Å². The number of carbonyl (C=O) groups excluding carboxylic acids is 1. The van der Waals surface area contributed by atoms with Gasteiger partial charge in [0.05, 0.1) is 67.7 Å². The Bertz CT molecular complexity index is 1420. The third-order valence-corrected chi connectivity index (χ3v) is 6.32. The maximum atomic E-state index is 13.5. The van der Waals surface area contributed by atoms with Crippen molar-refractivity contribution in [1.82, 2.24) is 14.8 Å². The second kappa shape index (κ2) is 10.0. The average molecular weight is 497 g/mol. The van der Waals surface area contributed by atoms with Crippen molar-refractivity contribution in [3.8, 4) is 22.4 Å². The van der Waals surface area contributed by atoms with Crippen LogP contribution in [0.4, 0.5) is 5.69 Å². The first-order valence-electron chi connectivity index (χ1n) is 10.5. The van der Waals surface area contributed by atoms with Crippen LogP contribution in [0, 0.1) is 0 Å². The summed E-state index contributed by atoms with van der Waals surface area (Å²) >= 11 is 1.36. The number of fused-ring (bicyclic) bond motifs is 1. The molecule has 0 radical (unpaired) electrons. The van der Waals surface area contributed by atoms with Crippen molar-refractivity contribution >= 4 is 38.9 Å². The average Bonchev–Trinajstić information content (AvgIpc) is 3.43. The molecule has 2 aromatic heterocycles. The zero-order chi connectivity index (χ0) is 25.1. The van der Waals surface area contributed by atoms with E-state index in [2.05, 4.69) is 15.1 Å². The zero-order valence-electron chi connectivity index (χ0n) is 19.9. The topological polar surface area (TPSA) is 117 Å². The highest BCUT2D eigenvalue weighted by Crippen LogP contribution is 2.41. The Morgan fingerprint density at radius 3 is 2.37 bits per heavy atom. The van der Waals surface area contributed by atoms with E-state index in [0.29, 0.717) is 39.5 Å². The summed E-state index contributed by atoms with van der Waals surface area (Å²) in [5.74, 6) is 0.783. The summed E-state index contributed by atoms with van der Waals surface area (Å²) in [5.41, 5.74) is 1.88. The Morgan fingerprint density at radius 1 is 1.09 bits per heavy atom. The van der Waals surface area contributed by atoms with Gasteiger partial charge in [-0.1, -0.05) is 23.5 Å². The highest BCUT2D eigenvalue weighted by molar-refractivity contribution is 7.20. The van der Waals surface area contributed by atoms with E-state index < -0.39 is 5.97 Å². The lowest BCUT2D eigenvalue weighted by atomic mass is 10.1. The van der Waals surface area contributed by atoms with E-state index in [9.17, 15) is 9.59 Å². The summed E-state index contributed by atoms with van der Waals surface area (Å²) in [6, 6.07) is 10.9. The van der Waals surface area contributed by atoms with Crippen LogP contribution >= 0.6 is 11.3 Å². The van der Waals surface area contributed by atoms with Crippen LogP contribution in [0.25, 0.3) is 15.3 Å². The van der Waals surface area contributed by atoms with Crippen LogP contribution in [-0.2, 0) is 16.0 Å². The Hall–Kier alpha value is -4.12. The van der Waals surface area contributed by atoms with Gasteiger partial charge in [0.15, 0.2) is 11.5 Å². The molecule has 4 aromatic rings. The van der Waals surface area contributed by atoms with E-state index in [-0.39, 0.29) is 17.5 Å². The number of H-pyrrole nitrogens is 1. The second-order valence-electron chi connectivity index (χ2n) is 7.40. The minimum absolute atomic E-state index is 0.138. The Labute approximate surface area is 204 Å². The quantitative estimate of drug-likeness (QED) is 0.292. The number of aromatic nitrogens is 3. The first-order chi connectivity index (χ1) is 16.9. The molecule has 10 nitrogen and oxygen atoms in total. The molecule has 1 N–H and O–H groups in total. The summed E-state index contributed by atoms with van der Waals surface area (Å²) in [6.45, 7) is 1.69. The number of carbonyl (C=O) groups is 1. The number of esters is 1. The Balaban J connectivity index is 1.86. The van der Waals surface area contributed by atoms with Gasteiger partial charge in [0.1, 0.15) is 0 Å². The van der Waals surface area contributed by atoms with Gasteiger partial charge in [0.25, 0.3) is 5.56 Å². The van der Waals surface area contributed by atoms with Crippen LogP contribution in [0.15, 0.2) is 46.2 Å². The second-order valence-corrected chi connectivity index (χ2v) is 8.41. The number of methoxy groups -OCH3 is 4. The molecule has 2 heterocycles. The fourth-order valence-electron chi connectivity index (χ4n) is 3.67. The van der Waals surface area contributed by atoms with Crippen LogP contribution in [0.5, 0.6) is 17.2 Å². The van der Waals surface area contributed by atoms with E-state index in [1.54, 1.807) is 19.1 Å². The SMILES string of the molecule is COC(=O)Cc1[nH]n(-c2nc3ccccc3s2)c(=O)c1C(C)=Nc1cc(OC)c(OC)c(OC)c1. The van der Waals surface area contributed by atoms with Gasteiger partial charge in [-0.25, -0.2) is 4.98 Å². The first kappa shape index (κ1) is 24.0. The largest absolute Gasteiger partial charge is 0.493 e. The van der Waals surface area contributed by atoms with Crippen LogP contribution in [0.1, 0.15) is 18.2 Å². The molecule has 4 rings (SSSR count). The maximum absolute atomic E-state index is 13.5. The number of aromatic amines is 1. The molecular weight excluding hydrogens is 472 g/mol. The third kappa shape index (κ3) is 4.62. The van der Waals surface area contributed by atoms with E-state index in [1.807, 2.05) is 24.3 Å². The lowest BCUT2D eigenvalue weighted by molar-refractivity contribution is -0.139. The molecule has 0 aliphatic rings. The number of thiazole rings is 1. The number of hydrogen-bond donors (Lipinski definition) is 1. The fraction of sp³-hybridized carbons (Fsp3) is 0.250. The fourth-order valence-corrected chi connectivity index (χ4v) is 4.60. The Morgan fingerprint density at radius 2 is 1.77 bits per heavy atom. The molecule has 0 bridgehead atoms. The van der Waals surface area contributed by atoms with Crippen LogP contribution in [0.2, 0.25) is 0 Å². The molecule has 0 atom stereocenters. The third-order valence-electron chi connectivity index (χ3n) is 5.30. The van der Waals surface area contributed by atoms with E-state index in [1.165, 1.54) is 44.5 Å². The summed E-state index contributed by atoms with van der Waals surface area (Å²) < 4.78 is 23.2. The van der Waals surface area contributed by atoms with Gasteiger partial charge in [-0.3, -0.25) is 19.7 Å². The number of rotatable bonds is 8. The lowest BCUT2D eigenvalue weighted by Crippen LogP contribution is -2.20. The molecule has 0 saturated heterocycles. The van der Waals surface area contributed by atoms with Crippen molar-refractivity contribution < 1.29 is 23.7 Å². The number of nitrogens with one attached hydrogen (secondary N) is 1. The predicted octanol–water partition coefficient (Wildman–Crippen LogP) is 3.66. The summed E-state index contributed by atoms with van der Waals surface area (Å²) in [4.78, 5) is 34.8. The number of para-hydroxylation sites is 1. The minimum atomic E-state index is -0.496. The monoisotopic (exact) mass is 496 g/mol. The zero-order valence-corrected chi connectivity index (χ0v) is 20.7. The highest BCUT2D eigenvalue weighted by Gasteiger charge is 2.22. The number of nitrogens with zero attached hydrogens (tertiary/aromatic N) is 3. The van der Waals surface area contributed by atoms with Crippen molar-refractivity contribution in [3.05, 3.63) is 58.0 Å². The summed E-state index contributed by atoms with van der Waals surface area (Å²) in [5, 5.41) is 3.48. The molecular formula is C24H24N4O6S. The molecule has 0 amide bonds. The normalized spacial score (nSPS) is 11.5. The minimum Gasteiger partial charge on any atom is -0.493 e. The number of ether oxygens (including phenoxy) is 4. The van der Waals surface area contributed by atoms with Gasteiger partial charge in [0.2, 0.25) is 10.9 Å². The summed E-state index contributed by atoms with van der Waals surface area (Å²) in [6.07, 6.45) is -0.138. The molecule has 0 fully saturated rings. The lowest BCUT2D eigenvalue weighted by Gasteiger charge is -2.13. The molecule has 35 heavy (non-hydrogen) atoms. The predicted molar refractivity (Wildman–Crippen MR) is 133 cm³/mol. The Kier molecular flexibility index (Phi) is 6.87. The van der Waals surface area contributed by atoms with Gasteiger partial charge >= 0.3 is 5.97 Å². The van der Waals surface area contributed by atoms with Crippen LogP contribution in [0.3, 0.4) is 0 Å². The molecule has 11 heteroatoms. The van der Waals surface area contributed by atoms with Crippen molar-refractivity contribution in [2.45, 2.75) is 13.3 Å². The number of hydrogen-bond acceptors (Lipinski definition) is 9. The van der Waals surface area contributed by atoms with Crippen molar-refractivity contribution in [2.24, 2.45) is 4.99 Å². The summed E-state index contributed by atoms with van der Waals surface area (Å²) in [7, 11) is 5.82. The maximum Gasteiger partial charge on any atom is 0.311 e. The molecule has 0 saturated carbocycles. The van der Waals surface area contributed by atoms with Crippen molar-refractivity contribution in [3.63, 3.8) is 0 Å². The smallest absolute Gasteiger partial charge is 0.311 e. The highest BCUT2D eigenvalue weighted by atomic mass is 32.1. The van der Waals surface area contributed by atoms with Gasteiger partial charge < -0.3 is 18.9 Å². The van der Waals surface area contributed by atoms with Crippen molar-refractivity contribution in [2.75, 3.05) is 28.4 Å². The molecule has 2 aromatic carbocycles. The van der Waals surface area contributed by atoms with Gasteiger partial charge in [-0.2, -0.15) is 4.68 Å². The van der Waals surface area contributed by atoms with Gasteiger partial charge in [-0.15, -0.1) is 0 Å². The first-order valence-corrected chi connectivity index (χ1v) is 11.3. The molecule has 0 aliphatic carbocycles. The van der Waals surface area contributed by atoms with E-state index >= 15 is 0 Å². The van der Waals surface area contributed by atoms with Gasteiger partial charge in [0, 0.05) is 12.1 Å².